The molecule has 7 nitrogen and oxygen atoms in total. The number of nitrogens with zero attached hydrogens (tertiary/aromatic N) is 3. The molecule has 1 atom stereocenters. The first-order valence-corrected chi connectivity index (χ1v) is 10.5. The molecule has 0 aliphatic heterocycles. The van der Waals surface area contributed by atoms with E-state index in [0.29, 0.717) is 28.7 Å². The summed E-state index contributed by atoms with van der Waals surface area (Å²) in [4.78, 5) is 26.3. The van der Waals surface area contributed by atoms with Gasteiger partial charge in [0.25, 0.3) is 5.56 Å². The number of aromatic nitrogens is 4. The summed E-state index contributed by atoms with van der Waals surface area (Å²) in [6.45, 7) is 5.97. The van der Waals surface area contributed by atoms with Gasteiger partial charge in [0.2, 0.25) is 5.89 Å². The number of nitrogens with two attached hydrogens (primary N) is 1. The van der Waals surface area contributed by atoms with Crippen LogP contribution in [0.15, 0.2) is 9.32 Å². The maximum atomic E-state index is 12.3. The van der Waals surface area contributed by atoms with Crippen molar-refractivity contribution in [3.8, 4) is 0 Å². The molecule has 10 heteroatoms. The summed E-state index contributed by atoms with van der Waals surface area (Å²) in [5, 5.41) is 4.75. The Labute approximate surface area is 170 Å². The van der Waals surface area contributed by atoms with E-state index in [1.54, 1.807) is 23.1 Å². The van der Waals surface area contributed by atoms with E-state index in [-0.39, 0.29) is 23.2 Å². The lowest BCUT2D eigenvalue weighted by Gasteiger charge is -2.34. The van der Waals surface area contributed by atoms with Crippen LogP contribution in [0.3, 0.4) is 0 Å². The number of rotatable bonds is 5. The topological polar surface area (TPSA) is 111 Å². The highest BCUT2D eigenvalue weighted by atomic mass is 35.5. The average molecular weight is 428 g/mol. The molecule has 0 saturated heterocycles. The first kappa shape index (κ1) is 20.3. The Morgan fingerprint density at radius 1 is 1.37 bits per heavy atom. The van der Waals surface area contributed by atoms with Crippen LogP contribution < -0.4 is 11.3 Å². The standard InChI is InChI=1S/C17H21N5O2S2.ClH/c1-8-9(2)26-15-12(8)13(23)19-11(20-15)7-25-10(3)14-21-16(22-24-14)17(18)5-4-6-17;/h10H,4-7,18H2,1-3H3,(H,19,20,23);1H. The second-order valence-electron chi connectivity index (χ2n) is 6.90. The Kier molecular flexibility index (Phi) is 5.67. The third kappa shape index (κ3) is 3.65. The molecule has 1 fully saturated rings. The van der Waals surface area contributed by atoms with Gasteiger partial charge in [0.15, 0.2) is 5.82 Å². The van der Waals surface area contributed by atoms with Crippen LogP contribution in [0.25, 0.3) is 10.2 Å². The summed E-state index contributed by atoms with van der Waals surface area (Å²) < 4.78 is 5.40. The van der Waals surface area contributed by atoms with E-state index < -0.39 is 5.54 Å². The summed E-state index contributed by atoms with van der Waals surface area (Å²) in [5.74, 6) is 2.39. The van der Waals surface area contributed by atoms with Gasteiger partial charge in [-0.1, -0.05) is 5.16 Å². The summed E-state index contributed by atoms with van der Waals surface area (Å²) >= 11 is 3.15. The molecule has 0 radical (unpaired) electrons. The molecule has 4 rings (SSSR count). The van der Waals surface area contributed by atoms with Crippen molar-refractivity contribution >= 4 is 45.7 Å². The molecule has 0 amide bonds. The van der Waals surface area contributed by atoms with Crippen molar-refractivity contribution in [1.82, 2.24) is 20.1 Å². The van der Waals surface area contributed by atoms with Gasteiger partial charge < -0.3 is 15.2 Å². The lowest BCUT2D eigenvalue weighted by Crippen LogP contribution is -2.44. The number of thioether (sulfide) groups is 1. The molecule has 27 heavy (non-hydrogen) atoms. The number of aryl methyl sites for hydroxylation is 2. The van der Waals surface area contributed by atoms with Gasteiger partial charge in [-0.2, -0.15) is 4.98 Å². The molecule has 3 aromatic heterocycles. The smallest absolute Gasteiger partial charge is 0.259 e. The van der Waals surface area contributed by atoms with Crippen LogP contribution in [0, 0.1) is 13.8 Å². The summed E-state index contributed by atoms with van der Waals surface area (Å²) in [7, 11) is 0. The summed E-state index contributed by atoms with van der Waals surface area (Å²) in [5.41, 5.74) is 6.76. The van der Waals surface area contributed by atoms with E-state index in [2.05, 4.69) is 20.1 Å². The molecule has 1 unspecified atom stereocenters. The van der Waals surface area contributed by atoms with Crippen LogP contribution in [-0.2, 0) is 11.3 Å². The number of hydrogen-bond donors (Lipinski definition) is 2. The van der Waals surface area contributed by atoms with Crippen molar-refractivity contribution in [2.24, 2.45) is 5.73 Å². The first-order valence-electron chi connectivity index (χ1n) is 8.61. The van der Waals surface area contributed by atoms with Gasteiger partial charge in [0.1, 0.15) is 10.7 Å². The molecular formula is C17H22ClN5O2S2. The van der Waals surface area contributed by atoms with Crippen molar-refractivity contribution in [3.05, 3.63) is 38.3 Å². The minimum Gasteiger partial charge on any atom is -0.338 e. The Morgan fingerprint density at radius 3 is 2.78 bits per heavy atom. The maximum Gasteiger partial charge on any atom is 0.259 e. The molecular weight excluding hydrogens is 406 g/mol. The Balaban J connectivity index is 0.00000210. The lowest BCUT2D eigenvalue weighted by molar-refractivity contribution is 0.229. The second-order valence-corrected chi connectivity index (χ2v) is 9.43. The first-order chi connectivity index (χ1) is 12.4. The number of halogens is 1. The van der Waals surface area contributed by atoms with Crippen molar-refractivity contribution in [2.45, 2.75) is 56.6 Å². The third-order valence-electron chi connectivity index (χ3n) is 5.04. The predicted molar refractivity (Wildman–Crippen MR) is 111 cm³/mol. The highest BCUT2D eigenvalue weighted by molar-refractivity contribution is 7.98. The maximum absolute atomic E-state index is 12.3. The third-order valence-corrected chi connectivity index (χ3v) is 7.28. The number of fused-ring (bicyclic) bond motifs is 1. The van der Waals surface area contributed by atoms with Gasteiger partial charge >= 0.3 is 0 Å². The summed E-state index contributed by atoms with van der Waals surface area (Å²) in [6.07, 6.45) is 2.91. The molecule has 0 bridgehead atoms. The van der Waals surface area contributed by atoms with Crippen molar-refractivity contribution in [1.29, 1.82) is 0 Å². The molecule has 3 N–H and O–H groups in total. The normalized spacial score (nSPS) is 16.7. The SMILES string of the molecule is Cc1sc2nc(CSC(C)c3nc(C4(N)CCC4)no3)[nH]c(=O)c2c1C.Cl. The molecule has 1 aliphatic carbocycles. The van der Waals surface area contributed by atoms with Crippen LogP contribution in [0.4, 0.5) is 0 Å². The van der Waals surface area contributed by atoms with Crippen LogP contribution in [0.1, 0.15) is 59.4 Å². The fourth-order valence-electron chi connectivity index (χ4n) is 3.03. The van der Waals surface area contributed by atoms with Crippen molar-refractivity contribution < 1.29 is 4.52 Å². The van der Waals surface area contributed by atoms with Gasteiger partial charge in [-0.15, -0.1) is 35.5 Å². The minimum absolute atomic E-state index is 0. The number of aromatic amines is 1. The molecule has 3 heterocycles. The Hall–Kier alpha value is -1.42. The van der Waals surface area contributed by atoms with Gasteiger partial charge in [0, 0.05) is 4.88 Å². The fourth-order valence-corrected chi connectivity index (χ4v) is 4.86. The number of thiophene rings is 1. The fraction of sp³-hybridized carbons (Fsp3) is 0.529. The van der Waals surface area contributed by atoms with Crippen LogP contribution >= 0.6 is 35.5 Å². The average Bonchev–Trinajstić information content (AvgIpc) is 3.17. The lowest BCUT2D eigenvalue weighted by atomic mass is 9.77. The van der Waals surface area contributed by atoms with E-state index in [9.17, 15) is 4.79 Å². The molecule has 0 aromatic carbocycles. The van der Waals surface area contributed by atoms with E-state index >= 15 is 0 Å². The molecule has 1 aliphatic rings. The largest absolute Gasteiger partial charge is 0.338 e. The van der Waals surface area contributed by atoms with E-state index in [1.807, 2.05) is 20.8 Å². The molecule has 0 spiro atoms. The molecule has 3 aromatic rings. The number of nitrogens with one attached hydrogen (secondary N) is 1. The zero-order valence-corrected chi connectivity index (χ0v) is 17.8. The number of hydrogen-bond acceptors (Lipinski definition) is 8. The van der Waals surface area contributed by atoms with Gasteiger partial charge in [-0.3, -0.25) is 4.79 Å². The monoisotopic (exact) mass is 427 g/mol. The van der Waals surface area contributed by atoms with E-state index in [0.717, 1.165) is 34.5 Å². The quantitative estimate of drug-likeness (QED) is 0.637. The van der Waals surface area contributed by atoms with E-state index in [1.165, 1.54) is 0 Å². The van der Waals surface area contributed by atoms with Crippen LogP contribution in [0.2, 0.25) is 0 Å². The van der Waals surface area contributed by atoms with Gasteiger partial charge in [-0.25, -0.2) is 4.98 Å². The van der Waals surface area contributed by atoms with Crippen LogP contribution in [0.5, 0.6) is 0 Å². The Morgan fingerprint density at radius 2 is 2.11 bits per heavy atom. The zero-order valence-electron chi connectivity index (χ0n) is 15.4. The predicted octanol–water partition coefficient (Wildman–Crippen LogP) is 3.74. The summed E-state index contributed by atoms with van der Waals surface area (Å²) in [6, 6.07) is 0. The van der Waals surface area contributed by atoms with Crippen LogP contribution in [-0.4, -0.2) is 20.1 Å². The molecule has 1 saturated carbocycles. The van der Waals surface area contributed by atoms with E-state index in [4.69, 9.17) is 10.3 Å². The van der Waals surface area contributed by atoms with Crippen molar-refractivity contribution in [2.75, 3.05) is 0 Å². The second kappa shape index (κ2) is 7.54. The molecule has 146 valence electrons. The number of H-pyrrole nitrogens is 1. The highest BCUT2D eigenvalue weighted by Gasteiger charge is 2.39. The minimum atomic E-state index is -0.418. The van der Waals surface area contributed by atoms with Gasteiger partial charge in [-0.05, 0) is 45.6 Å². The highest BCUT2D eigenvalue weighted by Crippen LogP contribution is 2.38. The van der Waals surface area contributed by atoms with Crippen molar-refractivity contribution in [3.63, 3.8) is 0 Å². The zero-order chi connectivity index (χ0) is 18.5. The Bertz CT molecular complexity index is 1020. The van der Waals surface area contributed by atoms with Gasteiger partial charge in [0.05, 0.1) is 21.9 Å².